The highest BCUT2D eigenvalue weighted by molar-refractivity contribution is 5.76. The Balaban J connectivity index is 3.49. The van der Waals surface area contributed by atoms with E-state index >= 15 is 0 Å². The van der Waals surface area contributed by atoms with Gasteiger partial charge in [-0.25, -0.2) is 0 Å². The quantitative estimate of drug-likeness (QED) is 0.622. The van der Waals surface area contributed by atoms with E-state index in [4.69, 9.17) is 6.57 Å². The van der Waals surface area contributed by atoms with Gasteiger partial charge in [-0.2, -0.15) is 4.68 Å². The van der Waals surface area contributed by atoms with E-state index < -0.39 is 0 Å². The molecule has 0 N–H and O–H groups in total. The van der Waals surface area contributed by atoms with Crippen molar-refractivity contribution in [2.75, 3.05) is 0 Å². The summed E-state index contributed by atoms with van der Waals surface area (Å²) in [5.74, 6) is 0.503. The molecular formula is C11H15N3. The minimum absolute atomic E-state index is 0.503. The normalized spacial score (nSPS) is 9.71. The Hall–Kier alpha value is -1.56. The van der Waals surface area contributed by atoms with Crippen LogP contribution in [0.25, 0.3) is 10.4 Å². The van der Waals surface area contributed by atoms with Gasteiger partial charge in [-0.1, -0.05) is 17.7 Å². The molecule has 1 aromatic heterocycles. The molecule has 0 unspecified atom stereocenters. The minimum Gasteiger partial charge on any atom is -0.358 e. The summed E-state index contributed by atoms with van der Waals surface area (Å²) in [5.41, 5.74) is 4.42. The summed E-state index contributed by atoms with van der Waals surface area (Å²) in [6.45, 7) is 15.2. The SMILES string of the molecule is [C-]#[N+]c1nn(C)c(C)c1C(C)=C(C)C. The van der Waals surface area contributed by atoms with Crippen LogP contribution in [0.15, 0.2) is 5.57 Å². The standard InChI is InChI=1S/C11H15N3/c1-7(2)8(3)10-9(4)14(6)13-11(10)12-5/h1-4,6H3. The molecule has 14 heavy (non-hydrogen) atoms. The number of rotatable bonds is 1. The van der Waals surface area contributed by atoms with E-state index in [2.05, 4.69) is 23.8 Å². The van der Waals surface area contributed by atoms with Gasteiger partial charge in [0.25, 0.3) is 0 Å². The van der Waals surface area contributed by atoms with Crippen molar-refractivity contribution in [2.24, 2.45) is 7.05 Å². The molecule has 0 aliphatic rings. The molecule has 1 rings (SSSR count). The molecule has 0 saturated carbocycles. The highest BCUT2D eigenvalue weighted by Gasteiger charge is 2.15. The second-order valence-corrected chi connectivity index (χ2v) is 3.64. The van der Waals surface area contributed by atoms with Crippen LogP contribution in [-0.2, 0) is 7.05 Å². The maximum Gasteiger partial charge on any atom is 0.303 e. The fourth-order valence-electron chi connectivity index (χ4n) is 1.36. The van der Waals surface area contributed by atoms with Crippen molar-refractivity contribution in [1.82, 2.24) is 9.78 Å². The zero-order valence-corrected chi connectivity index (χ0v) is 9.34. The Kier molecular flexibility index (Phi) is 2.76. The number of aryl methyl sites for hydroxylation is 1. The Bertz CT molecular complexity index is 426. The number of allylic oxidation sites excluding steroid dienone is 2. The van der Waals surface area contributed by atoms with E-state index in [1.807, 2.05) is 20.9 Å². The monoisotopic (exact) mass is 189 g/mol. The van der Waals surface area contributed by atoms with Crippen LogP contribution in [0.2, 0.25) is 0 Å². The first-order valence-corrected chi connectivity index (χ1v) is 4.54. The largest absolute Gasteiger partial charge is 0.358 e. The van der Waals surface area contributed by atoms with Crippen LogP contribution in [-0.4, -0.2) is 9.78 Å². The summed E-state index contributed by atoms with van der Waals surface area (Å²) >= 11 is 0. The molecule has 0 aliphatic carbocycles. The van der Waals surface area contributed by atoms with Crippen molar-refractivity contribution < 1.29 is 0 Å². The first-order chi connectivity index (χ1) is 6.49. The molecule has 0 saturated heterocycles. The second kappa shape index (κ2) is 3.67. The maximum absolute atomic E-state index is 7.06. The Morgan fingerprint density at radius 2 is 1.93 bits per heavy atom. The van der Waals surface area contributed by atoms with E-state index in [0.29, 0.717) is 5.82 Å². The van der Waals surface area contributed by atoms with E-state index in [9.17, 15) is 0 Å². The molecule has 1 heterocycles. The third-order valence-corrected chi connectivity index (χ3v) is 2.55. The molecule has 0 radical (unpaired) electrons. The van der Waals surface area contributed by atoms with Crippen molar-refractivity contribution in [3.8, 4) is 0 Å². The molecule has 0 amide bonds. The van der Waals surface area contributed by atoms with E-state index in [-0.39, 0.29) is 0 Å². The number of hydrogen-bond donors (Lipinski definition) is 0. The van der Waals surface area contributed by atoms with Crippen LogP contribution in [0.1, 0.15) is 32.0 Å². The van der Waals surface area contributed by atoms with Gasteiger partial charge in [0.1, 0.15) is 0 Å². The fourth-order valence-corrected chi connectivity index (χ4v) is 1.36. The van der Waals surface area contributed by atoms with Crippen LogP contribution in [0, 0.1) is 13.5 Å². The van der Waals surface area contributed by atoms with Gasteiger partial charge < -0.3 is 4.85 Å². The summed E-state index contributed by atoms with van der Waals surface area (Å²) in [6, 6.07) is 0. The first-order valence-electron chi connectivity index (χ1n) is 4.54. The van der Waals surface area contributed by atoms with E-state index in [1.54, 1.807) is 4.68 Å². The number of hydrogen-bond acceptors (Lipinski definition) is 1. The first kappa shape index (κ1) is 10.5. The predicted octanol–water partition coefficient (Wildman–Crippen LogP) is 3.09. The van der Waals surface area contributed by atoms with Crippen LogP contribution in [0.4, 0.5) is 5.82 Å². The van der Waals surface area contributed by atoms with Gasteiger partial charge in [0.15, 0.2) is 0 Å². The minimum atomic E-state index is 0.503. The summed E-state index contributed by atoms with van der Waals surface area (Å²) in [5, 5.41) is 4.16. The predicted molar refractivity (Wildman–Crippen MR) is 58.1 cm³/mol. The number of nitrogens with zero attached hydrogens (tertiary/aromatic N) is 3. The highest BCUT2D eigenvalue weighted by atomic mass is 15.3. The molecule has 1 aromatic rings. The molecule has 0 spiro atoms. The van der Waals surface area contributed by atoms with Gasteiger partial charge in [-0.15, -0.1) is 0 Å². The van der Waals surface area contributed by atoms with Gasteiger partial charge in [0.2, 0.25) is 0 Å². The summed E-state index contributed by atoms with van der Waals surface area (Å²) in [6.07, 6.45) is 0. The van der Waals surface area contributed by atoms with Gasteiger partial charge in [0.05, 0.1) is 5.69 Å². The smallest absolute Gasteiger partial charge is 0.303 e. The van der Waals surface area contributed by atoms with E-state index in [0.717, 1.165) is 16.8 Å². The molecule has 0 atom stereocenters. The summed E-state index contributed by atoms with van der Waals surface area (Å²) < 4.78 is 1.76. The van der Waals surface area contributed by atoms with Crippen molar-refractivity contribution in [1.29, 1.82) is 0 Å². The average molecular weight is 189 g/mol. The summed E-state index contributed by atoms with van der Waals surface area (Å²) in [4.78, 5) is 3.44. The molecule has 0 aromatic carbocycles. The lowest BCUT2D eigenvalue weighted by molar-refractivity contribution is 0.744. The zero-order valence-electron chi connectivity index (χ0n) is 9.34. The maximum atomic E-state index is 7.06. The van der Waals surface area contributed by atoms with Gasteiger partial charge in [0, 0.05) is 12.6 Å². The molecule has 3 nitrogen and oxygen atoms in total. The van der Waals surface area contributed by atoms with Gasteiger partial charge in [-0.3, -0.25) is 0 Å². The van der Waals surface area contributed by atoms with Crippen LogP contribution in [0.5, 0.6) is 0 Å². The van der Waals surface area contributed by atoms with Crippen molar-refractivity contribution in [3.63, 3.8) is 0 Å². The average Bonchev–Trinajstić information content (AvgIpc) is 2.42. The van der Waals surface area contributed by atoms with Crippen molar-refractivity contribution in [2.45, 2.75) is 27.7 Å². The summed E-state index contributed by atoms with van der Waals surface area (Å²) in [7, 11) is 1.87. The molecule has 0 aliphatic heterocycles. The number of aromatic nitrogens is 2. The van der Waals surface area contributed by atoms with Crippen molar-refractivity contribution >= 4 is 11.4 Å². The topological polar surface area (TPSA) is 22.2 Å². The highest BCUT2D eigenvalue weighted by Crippen LogP contribution is 2.30. The van der Waals surface area contributed by atoms with Crippen molar-refractivity contribution in [3.05, 3.63) is 28.2 Å². The zero-order chi connectivity index (χ0) is 10.9. The van der Waals surface area contributed by atoms with Gasteiger partial charge >= 0.3 is 5.82 Å². The lowest BCUT2D eigenvalue weighted by Gasteiger charge is -2.03. The second-order valence-electron chi connectivity index (χ2n) is 3.64. The Morgan fingerprint density at radius 1 is 1.36 bits per heavy atom. The Labute approximate surface area is 84.9 Å². The van der Waals surface area contributed by atoms with E-state index in [1.165, 1.54) is 5.57 Å². The molecule has 0 bridgehead atoms. The molecule has 74 valence electrons. The van der Waals surface area contributed by atoms with Crippen LogP contribution < -0.4 is 0 Å². The fraction of sp³-hybridized carbons (Fsp3) is 0.455. The van der Waals surface area contributed by atoms with Crippen LogP contribution in [0.3, 0.4) is 0 Å². The van der Waals surface area contributed by atoms with Gasteiger partial charge in [-0.05, 0) is 32.8 Å². The lowest BCUT2D eigenvalue weighted by atomic mass is 10.0. The molecule has 0 fully saturated rings. The van der Waals surface area contributed by atoms with Crippen LogP contribution >= 0.6 is 0 Å². The third-order valence-electron chi connectivity index (χ3n) is 2.55. The third kappa shape index (κ3) is 1.56. The lowest BCUT2D eigenvalue weighted by Crippen LogP contribution is -1.93. The molecule has 3 heteroatoms. The Morgan fingerprint density at radius 3 is 2.36 bits per heavy atom. The molecular weight excluding hydrogens is 174 g/mol.